The molecule has 7 nitrogen and oxygen atoms in total. The number of ether oxygens (including phenoxy) is 3. The molecule has 1 fully saturated rings. The maximum Gasteiger partial charge on any atom is 0.300 e. The second-order valence-corrected chi connectivity index (χ2v) is 8.87. The minimum Gasteiger partial charge on any atom is -0.507 e. The fourth-order valence-corrected chi connectivity index (χ4v) is 4.47. The number of benzene rings is 3. The zero-order valence-electron chi connectivity index (χ0n) is 21.2. The highest BCUT2D eigenvalue weighted by Crippen LogP contribution is 2.45. The Morgan fingerprint density at radius 3 is 2.08 bits per heavy atom. The van der Waals surface area contributed by atoms with Crippen LogP contribution in [0.15, 0.2) is 66.2 Å². The first-order valence-electron chi connectivity index (χ1n) is 11.7. The summed E-state index contributed by atoms with van der Waals surface area (Å²) in [6.45, 7) is 4.11. The smallest absolute Gasteiger partial charge is 0.300 e. The first kappa shape index (κ1) is 25.8. The molecule has 192 valence electrons. The molecule has 3 aromatic rings. The van der Waals surface area contributed by atoms with Crippen LogP contribution in [0.5, 0.6) is 17.2 Å². The van der Waals surface area contributed by atoms with Gasteiger partial charge in [0.05, 0.1) is 38.5 Å². The van der Waals surface area contributed by atoms with Crippen LogP contribution in [0.3, 0.4) is 0 Å². The number of aliphatic hydroxyl groups excluding tert-OH is 1. The van der Waals surface area contributed by atoms with Crippen molar-refractivity contribution >= 4 is 23.1 Å². The van der Waals surface area contributed by atoms with Gasteiger partial charge >= 0.3 is 0 Å². The lowest BCUT2D eigenvalue weighted by Gasteiger charge is -2.26. The minimum atomic E-state index is -1.03. The first-order valence-corrected chi connectivity index (χ1v) is 11.7. The van der Waals surface area contributed by atoms with Crippen molar-refractivity contribution in [3.63, 3.8) is 0 Å². The number of Topliss-reactive ketones (excluding diaryl/α,β-unsaturated/α-hetero) is 1. The van der Waals surface area contributed by atoms with Crippen molar-refractivity contribution in [3.8, 4) is 17.2 Å². The number of halogens is 1. The van der Waals surface area contributed by atoms with Gasteiger partial charge < -0.3 is 19.3 Å². The Balaban J connectivity index is 1.98. The van der Waals surface area contributed by atoms with E-state index in [1.165, 1.54) is 38.4 Å². The molecule has 0 aromatic heterocycles. The lowest BCUT2D eigenvalue weighted by molar-refractivity contribution is -0.132. The number of carbonyl (C=O) groups excluding carboxylic acids is 2. The predicted octanol–water partition coefficient (Wildman–Crippen LogP) is 5.60. The summed E-state index contributed by atoms with van der Waals surface area (Å²) >= 11 is 0. The molecule has 0 aliphatic carbocycles. The van der Waals surface area contributed by atoms with Gasteiger partial charge in [0.2, 0.25) is 0 Å². The molecule has 1 amide bonds. The Morgan fingerprint density at radius 2 is 1.49 bits per heavy atom. The van der Waals surface area contributed by atoms with E-state index in [0.29, 0.717) is 22.7 Å². The summed E-state index contributed by atoms with van der Waals surface area (Å²) < 4.78 is 30.2. The second kappa shape index (κ2) is 10.3. The van der Waals surface area contributed by atoms with Crippen molar-refractivity contribution in [2.45, 2.75) is 25.8 Å². The summed E-state index contributed by atoms with van der Waals surface area (Å²) in [7, 11) is 4.33. The third-order valence-electron chi connectivity index (χ3n) is 6.42. The molecule has 0 bridgehead atoms. The van der Waals surface area contributed by atoms with Crippen molar-refractivity contribution in [2.24, 2.45) is 0 Å². The van der Waals surface area contributed by atoms with Crippen molar-refractivity contribution in [1.82, 2.24) is 0 Å². The molecule has 1 aliphatic heterocycles. The van der Waals surface area contributed by atoms with Crippen LogP contribution in [-0.2, 0) is 9.59 Å². The van der Waals surface area contributed by atoms with Crippen LogP contribution >= 0.6 is 0 Å². The standard InChI is InChI=1S/C29H28FNO6/c1-16(2)17-6-10-20(11-7-17)31-26(18-8-12-23(36-4)24(14-18)37-5)25(28(33)29(31)34)27(32)21-15-19(30)9-13-22(21)35-3/h6-16,26,32H,1-5H3/b27-25+. The summed E-state index contributed by atoms with van der Waals surface area (Å²) in [5.74, 6) is -1.66. The quantitative estimate of drug-likeness (QED) is 0.256. The Kier molecular flexibility index (Phi) is 7.20. The molecule has 1 saturated heterocycles. The summed E-state index contributed by atoms with van der Waals surface area (Å²) in [5.41, 5.74) is 1.78. The summed E-state index contributed by atoms with van der Waals surface area (Å²) in [6, 6.07) is 14.8. The molecule has 0 radical (unpaired) electrons. The molecule has 4 rings (SSSR count). The average Bonchev–Trinajstić information content (AvgIpc) is 3.17. The lowest BCUT2D eigenvalue weighted by atomic mass is 9.94. The maximum atomic E-state index is 14.2. The highest BCUT2D eigenvalue weighted by Gasteiger charge is 2.47. The van der Waals surface area contributed by atoms with E-state index >= 15 is 0 Å². The molecule has 1 heterocycles. The average molecular weight is 506 g/mol. The zero-order valence-corrected chi connectivity index (χ0v) is 21.2. The van der Waals surface area contributed by atoms with Gasteiger partial charge in [0.1, 0.15) is 17.3 Å². The van der Waals surface area contributed by atoms with Gasteiger partial charge in [-0.3, -0.25) is 14.5 Å². The highest BCUT2D eigenvalue weighted by molar-refractivity contribution is 6.51. The zero-order chi connectivity index (χ0) is 26.9. The lowest BCUT2D eigenvalue weighted by Crippen LogP contribution is -2.29. The molecule has 1 N–H and O–H groups in total. The van der Waals surface area contributed by atoms with E-state index in [1.54, 1.807) is 30.3 Å². The van der Waals surface area contributed by atoms with Crippen molar-refractivity contribution in [1.29, 1.82) is 0 Å². The third kappa shape index (κ3) is 4.62. The van der Waals surface area contributed by atoms with Gasteiger partial charge in [0, 0.05) is 5.69 Å². The van der Waals surface area contributed by atoms with E-state index in [2.05, 4.69) is 13.8 Å². The Hall–Kier alpha value is -4.33. The van der Waals surface area contributed by atoms with Gasteiger partial charge in [-0.1, -0.05) is 32.0 Å². The number of aliphatic hydroxyl groups is 1. The van der Waals surface area contributed by atoms with E-state index in [-0.39, 0.29) is 22.8 Å². The van der Waals surface area contributed by atoms with Gasteiger partial charge in [0.25, 0.3) is 11.7 Å². The number of rotatable bonds is 7. The number of hydrogen-bond donors (Lipinski definition) is 1. The summed E-state index contributed by atoms with van der Waals surface area (Å²) in [5, 5.41) is 11.4. The SMILES string of the molecule is COc1ccc(C2/C(=C(\O)c3cc(F)ccc3OC)C(=O)C(=O)N2c2ccc(C(C)C)cc2)cc1OC. The van der Waals surface area contributed by atoms with Gasteiger partial charge in [-0.15, -0.1) is 0 Å². The normalized spacial score (nSPS) is 16.8. The number of anilines is 1. The van der Waals surface area contributed by atoms with Crippen molar-refractivity contribution < 1.29 is 33.3 Å². The van der Waals surface area contributed by atoms with E-state index in [1.807, 2.05) is 12.1 Å². The molecule has 37 heavy (non-hydrogen) atoms. The van der Waals surface area contributed by atoms with Gasteiger partial charge in [-0.05, 0) is 59.5 Å². The Labute approximate surface area is 214 Å². The van der Waals surface area contributed by atoms with Gasteiger partial charge in [0.15, 0.2) is 11.5 Å². The number of carbonyl (C=O) groups is 2. The second-order valence-electron chi connectivity index (χ2n) is 8.87. The summed E-state index contributed by atoms with van der Waals surface area (Å²) in [4.78, 5) is 28.2. The third-order valence-corrected chi connectivity index (χ3v) is 6.42. The van der Waals surface area contributed by atoms with Crippen LogP contribution in [0.2, 0.25) is 0 Å². The van der Waals surface area contributed by atoms with Crippen LogP contribution in [-0.4, -0.2) is 38.1 Å². The topological polar surface area (TPSA) is 85.3 Å². The molecule has 1 atom stereocenters. The number of hydrogen-bond acceptors (Lipinski definition) is 6. The molecule has 0 saturated carbocycles. The van der Waals surface area contributed by atoms with E-state index < -0.39 is 29.3 Å². The molecule has 1 unspecified atom stereocenters. The predicted molar refractivity (Wildman–Crippen MR) is 138 cm³/mol. The fourth-order valence-electron chi connectivity index (χ4n) is 4.47. The maximum absolute atomic E-state index is 14.2. The van der Waals surface area contributed by atoms with Crippen molar-refractivity contribution in [3.05, 3.63) is 88.7 Å². The van der Waals surface area contributed by atoms with Crippen molar-refractivity contribution in [2.75, 3.05) is 26.2 Å². The molecular formula is C29H28FNO6. The molecule has 3 aromatic carbocycles. The largest absolute Gasteiger partial charge is 0.507 e. The molecule has 8 heteroatoms. The van der Waals surface area contributed by atoms with Gasteiger partial charge in [-0.25, -0.2) is 4.39 Å². The van der Waals surface area contributed by atoms with Crippen LogP contribution in [0.25, 0.3) is 5.76 Å². The van der Waals surface area contributed by atoms with E-state index in [9.17, 15) is 19.1 Å². The molecule has 0 spiro atoms. The molecule has 1 aliphatic rings. The fraction of sp³-hybridized carbons (Fsp3) is 0.241. The highest BCUT2D eigenvalue weighted by atomic mass is 19.1. The van der Waals surface area contributed by atoms with Crippen LogP contribution in [0, 0.1) is 5.82 Å². The van der Waals surface area contributed by atoms with E-state index in [4.69, 9.17) is 14.2 Å². The number of methoxy groups -OCH3 is 3. The van der Waals surface area contributed by atoms with Crippen LogP contribution in [0.1, 0.15) is 42.5 Å². The number of amides is 1. The van der Waals surface area contributed by atoms with Crippen LogP contribution in [0.4, 0.5) is 10.1 Å². The number of nitrogens with zero attached hydrogens (tertiary/aromatic N) is 1. The molecular weight excluding hydrogens is 477 g/mol. The summed E-state index contributed by atoms with van der Waals surface area (Å²) in [6.07, 6.45) is 0. The van der Waals surface area contributed by atoms with Gasteiger partial charge in [-0.2, -0.15) is 0 Å². The van der Waals surface area contributed by atoms with E-state index in [0.717, 1.165) is 11.6 Å². The Morgan fingerprint density at radius 1 is 0.865 bits per heavy atom. The number of ketones is 1. The first-order chi connectivity index (χ1) is 17.7. The minimum absolute atomic E-state index is 0.0406. The van der Waals surface area contributed by atoms with Crippen LogP contribution < -0.4 is 19.1 Å². The monoisotopic (exact) mass is 505 g/mol. The Bertz CT molecular complexity index is 1380.